The van der Waals surface area contributed by atoms with E-state index >= 15 is 0 Å². The van der Waals surface area contributed by atoms with Crippen LogP contribution < -0.4 is 16.4 Å². The Morgan fingerprint density at radius 2 is 2.11 bits per heavy atom. The zero-order valence-corrected chi connectivity index (χ0v) is 12.0. The van der Waals surface area contributed by atoms with Crippen LogP contribution in [0.1, 0.15) is 24.2 Å². The van der Waals surface area contributed by atoms with E-state index in [1.165, 1.54) is 0 Å². The highest BCUT2D eigenvalue weighted by atomic mass is 35.5. The Bertz CT molecular complexity index is 452. The Labute approximate surface area is 118 Å². The molecule has 0 radical (unpaired) electrons. The molecule has 0 aliphatic rings. The molecule has 0 aliphatic carbocycles. The van der Waals surface area contributed by atoms with Crippen LogP contribution >= 0.6 is 11.6 Å². The fourth-order valence-corrected chi connectivity index (χ4v) is 2.22. The van der Waals surface area contributed by atoms with Gasteiger partial charge in [0.25, 0.3) is 5.91 Å². The van der Waals surface area contributed by atoms with Gasteiger partial charge in [0, 0.05) is 25.4 Å². The average Bonchev–Trinajstić information content (AvgIpc) is 2.35. The van der Waals surface area contributed by atoms with E-state index in [-0.39, 0.29) is 0 Å². The van der Waals surface area contributed by atoms with Crippen LogP contribution in [-0.2, 0) is 4.74 Å². The molecule has 0 fully saturated rings. The van der Waals surface area contributed by atoms with Gasteiger partial charge in [-0.2, -0.15) is 0 Å². The van der Waals surface area contributed by atoms with E-state index in [2.05, 4.69) is 0 Å². The lowest BCUT2D eigenvalue weighted by Crippen LogP contribution is -2.30. The van der Waals surface area contributed by atoms with Gasteiger partial charge in [-0.05, 0) is 26.0 Å². The number of nitrogen functional groups attached to an aromatic ring is 1. The van der Waals surface area contributed by atoms with Gasteiger partial charge in [-0.3, -0.25) is 4.79 Å². The minimum Gasteiger partial charge on any atom is -0.399 e. The molecule has 1 amide bonds. The molecule has 0 saturated heterocycles. The second kappa shape index (κ2) is 7.21. The molecule has 4 N–H and O–H groups in total. The van der Waals surface area contributed by atoms with Crippen molar-refractivity contribution in [2.24, 2.45) is 5.73 Å². The van der Waals surface area contributed by atoms with Crippen molar-refractivity contribution in [3.8, 4) is 0 Å². The largest absolute Gasteiger partial charge is 0.399 e. The van der Waals surface area contributed by atoms with Crippen LogP contribution in [0.2, 0.25) is 5.02 Å². The highest BCUT2D eigenvalue weighted by Gasteiger charge is 2.18. The molecule has 0 heterocycles. The molecule has 0 bridgehead atoms. The third kappa shape index (κ3) is 4.01. The zero-order valence-electron chi connectivity index (χ0n) is 11.3. The van der Waals surface area contributed by atoms with Crippen molar-refractivity contribution in [1.82, 2.24) is 0 Å². The quantitative estimate of drug-likeness (QED) is 0.592. The lowest BCUT2D eigenvalue weighted by Gasteiger charge is -2.26. The minimum atomic E-state index is -0.543. The number of halogens is 1. The molecule has 0 aromatic heterocycles. The summed E-state index contributed by atoms with van der Waals surface area (Å²) in [5.74, 6) is -0.543. The van der Waals surface area contributed by atoms with E-state index in [0.29, 0.717) is 48.3 Å². The molecule has 0 spiro atoms. The van der Waals surface area contributed by atoms with Crippen LogP contribution in [0.4, 0.5) is 11.4 Å². The maximum atomic E-state index is 11.5. The Morgan fingerprint density at radius 1 is 1.42 bits per heavy atom. The van der Waals surface area contributed by atoms with Crippen molar-refractivity contribution >= 4 is 28.9 Å². The molecule has 1 aromatic carbocycles. The van der Waals surface area contributed by atoms with Gasteiger partial charge in [0.15, 0.2) is 0 Å². The number of carbonyl (C=O) groups is 1. The first-order valence-corrected chi connectivity index (χ1v) is 6.60. The topological polar surface area (TPSA) is 81.6 Å². The van der Waals surface area contributed by atoms with E-state index in [0.717, 1.165) is 0 Å². The Kier molecular flexibility index (Phi) is 5.92. The third-order valence-corrected chi connectivity index (χ3v) is 3.05. The summed E-state index contributed by atoms with van der Waals surface area (Å²) < 4.78 is 5.33. The minimum absolute atomic E-state index is 0.336. The fraction of sp³-hybridized carbons (Fsp3) is 0.462. The number of nitrogens with zero attached hydrogens (tertiary/aromatic N) is 1. The van der Waals surface area contributed by atoms with E-state index in [4.69, 9.17) is 27.8 Å². The Hall–Kier alpha value is -1.46. The Morgan fingerprint density at radius 3 is 2.63 bits per heavy atom. The second-order valence-electron chi connectivity index (χ2n) is 4.04. The van der Waals surface area contributed by atoms with Gasteiger partial charge in [-0.1, -0.05) is 11.6 Å². The van der Waals surface area contributed by atoms with Gasteiger partial charge in [0.1, 0.15) is 0 Å². The lowest BCUT2D eigenvalue weighted by atomic mass is 10.1. The van der Waals surface area contributed by atoms with Crippen molar-refractivity contribution in [2.75, 3.05) is 36.9 Å². The van der Waals surface area contributed by atoms with E-state index < -0.39 is 5.91 Å². The van der Waals surface area contributed by atoms with Gasteiger partial charge in [-0.15, -0.1) is 0 Å². The number of hydrogen-bond acceptors (Lipinski definition) is 4. The van der Waals surface area contributed by atoms with E-state index in [9.17, 15) is 4.79 Å². The van der Waals surface area contributed by atoms with Crippen LogP contribution in [0.5, 0.6) is 0 Å². The number of benzene rings is 1. The molecule has 0 aliphatic heterocycles. The summed E-state index contributed by atoms with van der Waals surface area (Å²) in [6, 6.07) is 3.17. The number of carbonyl (C=O) groups excluding carboxylic acids is 1. The van der Waals surface area contributed by atoms with Crippen LogP contribution in [0, 0.1) is 0 Å². The highest BCUT2D eigenvalue weighted by Crippen LogP contribution is 2.32. The Balaban J connectivity index is 3.11. The first-order chi connectivity index (χ1) is 9.01. The number of anilines is 2. The summed E-state index contributed by atoms with van der Waals surface area (Å²) in [4.78, 5) is 13.5. The van der Waals surface area contributed by atoms with Crippen LogP contribution in [0.15, 0.2) is 12.1 Å². The number of amides is 1. The number of rotatable bonds is 7. The summed E-state index contributed by atoms with van der Waals surface area (Å²) in [6.45, 7) is 6.44. The maximum Gasteiger partial charge on any atom is 0.250 e. The van der Waals surface area contributed by atoms with Gasteiger partial charge in [0.05, 0.1) is 22.9 Å². The standard InChI is InChI=1S/C13H20ClN3O2/c1-3-17(5-6-19-4-2)12-10(13(16)18)7-9(15)8-11(12)14/h7-8H,3-6,15H2,1-2H3,(H2,16,18). The molecule has 5 nitrogen and oxygen atoms in total. The first-order valence-electron chi connectivity index (χ1n) is 6.22. The second-order valence-corrected chi connectivity index (χ2v) is 4.45. The normalized spacial score (nSPS) is 10.5. The van der Waals surface area contributed by atoms with Crippen molar-refractivity contribution in [3.05, 3.63) is 22.7 Å². The zero-order chi connectivity index (χ0) is 14.4. The number of primary amides is 1. The van der Waals surface area contributed by atoms with Gasteiger partial charge >= 0.3 is 0 Å². The summed E-state index contributed by atoms with van der Waals surface area (Å²) >= 11 is 6.19. The maximum absolute atomic E-state index is 11.5. The van der Waals surface area contributed by atoms with E-state index in [1.807, 2.05) is 18.7 Å². The SMILES string of the molecule is CCOCCN(CC)c1c(Cl)cc(N)cc1C(N)=O. The fourth-order valence-electron chi connectivity index (χ4n) is 1.88. The first kappa shape index (κ1) is 15.6. The third-order valence-electron chi connectivity index (χ3n) is 2.76. The average molecular weight is 286 g/mol. The van der Waals surface area contributed by atoms with Crippen LogP contribution in [-0.4, -0.2) is 32.2 Å². The summed E-state index contributed by atoms with van der Waals surface area (Å²) in [7, 11) is 0. The van der Waals surface area contributed by atoms with Gasteiger partial charge < -0.3 is 21.1 Å². The predicted molar refractivity (Wildman–Crippen MR) is 78.8 cm³/mol. The summed E-state index contributed by atoms with van der Waals surface area (Å²) in [5.41, 5.74) is 12.5. The lowest BCUT2D eigenvalue weighted by molar-refractivity contribution is 0.100. The molecule has 0 unspecified atom stereocenters. The smallest absolute Gasteiger partial charge is 0.250 e. The summed E-state index contributed by atoms with van der Waals surface area (Å²) in [6.07, 6.45) is 0. The molecular formula is C13H20ClN3O2. The number of likely N-dealkylation sites (N-methyl/N-ethyl adjacent to an activating group) is 1. The molecule has 1 rings (SSSR count). The van der Waals surface area contributed by atoms with Gasteiger partial charge in [-0.25, -0.2) is 0 Å². The molecule has 0 atom stereocenters. The molecule has 19 heavy (non-hydrogen) atoms. The number of hydrogen-bond donors (Lipinski definition) is 2. The van der Waals surface area contributed by atoms with Gasteiger partial charge in [0.2, 0.25) is 0 Å². The molecular weight excluding hydrogens is 266 g/mol. The predicted octanol–water partition coefficient (Wildman–Crippen LogP) is 1.88. The van der Waals surface area contributed by atoms with Crippen molar-refractivity contribution < 1.29 is 9.53 Å². The number of nitrogens with two attached hydrogens (primary N) is 2. The number of ether oxygens (including phenoxy) is 1. The molecule has 1 aromatic rings. The van der Waals surface area contributed by atoms with Crippen molar-refractivity contribution in [3.63, 3.8) is 0 Å². The molecule has 0 saturated carbocycles. The van der Waals surface area contributed by atoms with Crippen LogP contribution in [0.3, 0.4) is 0 Å². The monoisotopic (exact) mass is 285 g/mol. The van der Waals surface area contributed by atoms with Crippen molar-refractivity contribution in [1.29, 1.82) is 0 Å². The highest BCUT2D eigenvalue weighted by molar-refractivity contribution is 6.34. The van der Waals surface area contributed by atoms with Crippen molar-refractivity contribution in [2.45, 2.75) is 13.8 Å². The molecule has 6 heteroatoms. The summed E-state index contributed by atoms with van der Waals surface area (Å²) in [5, 5.41) is 0.423. The molecule has 106 valence electrons. The van der Waals surface area contributed by atoms with Crippen LogP contribution in [0.25, 0.3) is 0 Å². The van der Waals surface area contributed by atoms with E-state index in [1.54, 1.807) is 12.1 Å².